The predicted octanol–water partition coefficient (Wildman–Crippen LogP) is 5.79. The number of hydrogen-bond donors (Lipinski definition) is 1. The summed E-state index contributed by atoms with van der Waals surface area (Å²) >= 11 is 6.22. The zero-order valence-corrected chi connectivity index (χ0v) is 19.4. The highest BCUT2D eigenvalue weighted by Gasteiger charge is 2.23. The van der Waals surface area contributed by atoms with Crippen molar-refractivity contribution in [1.82, 2.24) is 4.98 Å². The van der Waals surface area contributed by atoms with Crippen LogP contribution < -0.4 is 9.46 Å². The lowest BCUT2D eigenvalue weighted by molar-refractivity contribution is 0.302. The second-order valence-electron chi connectivity index (χ2n) is 7.09. The highest BCUT2D eigenvalue weighted by molar-refractivity contribution is 7.92. The van der Waals surface area contributed by atoms with Crippen LogP contribution in [0.1, 0.15) is 35.7 Å². The summed E-state index contributed by atoms with van der Waals surface area (Å²) in [6.07, 6.45) is 3.63. The maximum atomic E-state index is 11.7. The second-order valence-corrected chi connectivity index (χ2v) is 9.27. The summed E-state index contributed by atoms with van der Waals surface area (Å²) in [6.45, 7) is 2.43. The van der Waals surface area contributed by atoms with Crippen molar-refractivity contribution in [1.29, 1.82) is 0 Å². The summed E-state index contributed by atoms with van der Waals surface area (Å²) in [5.74, 6) is 0.701. The maximum Gasteiger partial charge on any atom is 0.229 e. The minimum atomic E-state index is -3.37. The molecule has 0 unspecified atom stereocenters. The van der Waals surface area contributed by atoms with E-state index in [0.717, 1.165) is 46.2 Å². The van der Waals surface area contributed by atoms with E-state index in [4.69, 9.17) is 16.3 Å². The molecule has 0 aliphatic carbocycles. The van der Waals surface area contributed by atoms with E-state index in [1.165, 1.54) is 0 Å². The molecule has 2 heterocycles. The van der Waals surface area contributed by atoms with Gasteiger partial charge in [-0.05, 0) is 59.5 Å². The monoisotopic (exact) mass is 476 g/mol. The zero-order valence-electron chi connectivity index (χ0n) is 17.1. The molecule has 0 spiro atoms. The van der Waals surface area contributed by atoms with Crippen LogP contribution in [-0.2, 0) is 16.6 Å². The number of aromatic nitrogens is 1. The molecule has 162 valence electrons. The predicted molar refractivity (Wildman–Crippen MR) is 128 cm³/mol. The van der Waals surface area contributed by atoms with Crippen LogP contribution in [0.25, 0.3) is 11.1 Å². The van der Waals surface area contributed by atoms with E-state index in [2.05, 4.69) is 16.6 Å². The Bertz CT molecular complexity index is 1260. The topological polar surface area (TPSA) is 68.3 Å². The van der Waals surface area contributed by atoms with Crippen LogP contribution in [0.2, 0.25) is 5.02 Å². The van der Waals surface area contributed by atoms with Gasteiger partial charge in [0.1, 0.15) is 12.4 Å². The number of hydrogen-bond acceptors (Lipinski definition) is 4. The van der Waals surface area contributed by atoms with Crippen LogP contribution in [-0.4, -0.2) is 19.7 Å². The van der Waals surface area contributed by atoms with Gasteiger partial charge in [-0.25, -0.2) is 8.42 Å². The van der Waals surface area contributed by atoms with Gasteiger partial charge in [0.25, 0.3) is 0 Å². The van der Waals surface area contributed by atoms with Gasteiger partial charge in [-0.15, -0.1) is 12.4 Å². The number of rotatable bonds is 4. The maximum absolute atomic E-state index is 11.7. The number of benzene rings is 2. The van der Waals surface area contributed by atoms with Crippen LogP contribution >= 0.6 is 24.0 Å². The lowest BCUT2D eigenvalue weighted by atomic mass is 9.87. The highest BCUT2D eigenvalue weighted by Crippen LogP contribution is 2.42. The van der Waals surface area contributed by atoms with Crippen LogP contribution in [0.3, 0.4) is 0 Å². The van der Waals surface area contributed by atoms with Gasteiger partial charge >= 0.3 is 0 Å². The summed E-state index contributed by atoms with van der Waals surface area (Å²) in [5, 5.41) is 0.601. The Morgan fingerprint density at radius 3 is 2.68 bits per heavy atom. The molecule has 0 fully saturated rings. The largest absolute Gasteiger partial charge is 0.487 e. The molecular formula is C23H22Cl2N2O3S. The Morgan fingerprint density at radius 2 is 1.94 bits per heavy atom. The lowest BCUT2D eigenvalue weighted by Gasteiger charge is -2.17. The Morgan fingerprint density at radius 1 is 1.13 bits per heavy atom. The molecule has 5 nitrogen and oxygen atoms in total. The molecule has 0 saturated carbocycles. The van der Waals surface area contributed by atoms with E-state index in [9.17, 15) is 8.42 Å². The molecule has 0 atom stereocenters. The molecule has 31 heavy (non-hydrogen) atoms. The number of nitrogens with zero attached hydrogens (tertiary/aromatic N) is 1. The van der Waals surface area contributed by atoms with Gasteiger partial charge in [0.2, 0.25) is 10.0 Å². The number of nitrogens with one attached hydrogen (secondary N) is 1. The van der Waals surface area contributed by atoms with Gasteiger partial charge in [-0.3, -0.25) is 9.71 Å². The fourth-order valence-corrected chi connectivity index (χ4v) is 4.45. The van der Waals surface area contributed by atoms with Crippen molar-refractivity contribution >= 4 is 50.9 Å². The van der Waals surface area contributed by atoms with E-state index in [1.54, 1.807) is 12.3 Å². The molecule has 8 heteroatoms. The molecule has 0 bridgehead atoms. The summed E-state index contributed by atoms with van der Waals surface area (Å²) in [7, 11) is -3.37. The molecule has 0 amide bonds. The van der Waals surface area contributed by atoms with Crippen molar-refractivity contribution in [3.8, 4) is 5.75 Å². The smallest absolute Gasteiger partial charge is 0.229 e. The van der Waals surface area contributed by atoms with Gasteiger partial charge < -0.3 is 4.74 Å². The number of sulfonamides is 1. The number of allylic oxidation sites excluding steroid dienone is 1. The molecule has 2 aromatic carbocycles. The summed E-state index contributed by atoms with van der Waals surface area (Å²) in [6, 6.07) is 17.0. The minimum Gasteiger partial charge on any atom is -0.487 e. The zero-order chi connectivity index (χ0) is 21.3. The molecule has 1 aliphatic rings. The first kappa shape index (κ1) is 23.1. The third-order valence-electron chi connectivity index (χ3n) is 4.91. The number of anilines is 1. The molecule has 0 radical (unpaired) electrons. The number of ether oxygens (including phenoxy) is 1. The number of halogens is 2. The Hall–Kier alpha value is -2.54. The van der Waals surface area contributed by atoms with Gasteiger partial charge in [0, 0.05) is 28.0 Å². The van der Waals surface area contributed by atoms with E-state index in [0.29, 0.717) is 23.1 Å². The Labute approximate surface area is 193 Å². The van der Waals surface area contributed by atoms with Crippen molar-refractivity contribution in [2.75, 3.05) is 11.0 Å². The van der Waals surface area contributed by atoms with Crippen LogP contribution in [0.5, 0.6) is 5.75 Å². The average molecular weight is 477 g/mol. The molecule has 1 N–H and O–H groups in total. The minimum absolute atomic E-state index is 0. The van der Waals surface area contributed by atoms with Crippen LogP contribution in [0.4, 0.5) is 5.69 Å². The molecule has 3 aromatic rings. The average Bonchev–Trinajstić information content (AvgIpc) is 2.85. The van der Waals surface area contributed by atoms with Crippen molar-refractivity contribution in [2.24, 2.45) is 0 Å². The van der Waals surface area contributed by atoms with Crippen molar-refractivity contribution in [3.63, 3.8) is 0 Å². The molecule has 0 saturated heterocycles. The first-order valence-corrected chi connectivity index (χ1v) is 11.8. The van der Waals surface area contributed by atoms with E-state index in [1.807, 2.05) is 48.5 Å². The number of pyridine rings is 1. The van der Waals surface area contributed by atoms with Gasteiger partial charge in [-0.1, -0.05) is 36.7 Å². The summed E-state index contributed by atoms with van der Waals surface area (Å²) in [5.41, 5.74) is 6.31. The van der Waals surface area contributed by atoms with Crippen molar-refractivity contribution < 1.29 is 13.2 Å². The quantitative estimate of drug-likeness (QED) is 0.517. The van der Waals surface area contributed by atoms with Crippen LogP contribution in [0.15, 0.2) is 60.8 Å². The third-order valence-corrected chi connectivity index (χ3v) is 5.75. The fraction of sp³-hybridized carbons (Fsp3) is 0.174. The molecule has 1 aromatic heterocycles. The van der Waals surface area contributed by atoms with Gasteiger partial charge in [0.15, 0.2) is 0 Å². The van der Waals surface area contributed by atoms with E-state index < -0.39 is 10.0 Å². The third kappa shape index (κ3) is 5.03. The lowest BCUT2D eigenvalue weighted by Crippen LogP contribution is -2.09. The standard InChI is InChI=1S/C23H21ClN2O3S.ClH/c1-3-18(15-6-4-7-17(12-15)26-30(2,27)28)23-19-8-5-11-25-21(19)14-29-22-13-16(24)9-10-20(22)23;/h4-13,26H,3,14H2,1-2H3;1H/b23-18+;. The first-order valence-electron chi connectivity index (χ1n) is 9.54. The van der Waals surface area contributed by atoms with Gasteiger partial charge in [-0.2, -0.15) is 0 Å². The highest BCUT2D eigenvalue weighted by atomic mass is 35.5. The van der Waals surface area contributed by atoms with E-state index in [-0.39, 0.29) is 12.4 Å². The normalized spacial score (nSPS) is 14.3. The summed E-state index contributed by atoms with van der Waals surface area (Å²) < 4.78 is 32.0. The van der Waals surface area contributed by atoms with Crippen molar-refractivity contribution in [3.05, 3.63) is 88.2 Å². The first-order chi connectivity index (χ1) is 14.4. The summed E-state index contributed by atoms with van der Waals surface area (Å²) in [4.78, 5) is 4.53. The Balaban J connectivity index is 0.00000272. The molecule has 1 aliphatic heterocycles. The molecular weight excluding hydrogens is 455 g/mol. The van der Waals surface area contributed by atoms with Crippen LogP contribution in [0, 0.1) is 0 Å². The Kier molecular flexibility index (Phi) is 6.94. The van der Waals surface area contributed by atoms with Crippen molar-refractivity contribution in [2.45, 2.75) is 20.0 Å². The van der Waals surface area contributed by atoms with E-state index >= 15 is 0 Å². The molecule has 4 rings (SSSR count). The SMILES string of the molecule is CC/C(=C1\c2ccc(Cl)cc2OCc2ncccc21)c1cccc(NS(C)(=O)=O)c1.Cl. The van der Waals surface area contributed by atoms with Gasteiger partial charge in [0.05, 0.1) is 11.9 Å². The fourth-order valence-electron chi connectivity index (χ4n) is 3.73. The second kappa shape index (κ2) is 9.30. The number of fused-ring (bicyclic) bond motifs is 2.